The average molecular weight is 412 g/mol. The maximum atomic E-state index is 12.8. The second-order valence-electron chi connectivity index (χ2n) is 6.09. The number of benzene rings is 2. The zero-order chi connectivity index (χ0) is 21.7. The number of carbonyl (C=O) groups is 3. The first-order chi connectivity index (χ1) is 14.5. The lowest BCUT2D eigenvalue weighted by molar-refractivity contribution is 0.0432. The van der Waals surface area contributed by atoms with E-state index in [1.165, 1.54) is 26.4 Å². The van der Waals surface area contributed by atoms with Crippen LogP contribution in [0.1, 0.15) is 43.8 Å². The van der Waals surface area contributed by atoms with Crippen molar-refractivity contribution in [3.05, 3.63) is 58.8 Å². The Morgan fingerprint density at radius 3 is 2.43 bits per heavy atom. The summed E-state index contributed by atoms with van der Waals surface area (Å²) in [6.45, 7) is 1.57. The van der Waals surface area contributed by atoms with E-state index in [0.29, 0.717) is 22.8 Å². The normalized spacial score (nSPS) is 10.5. The molecule has 1 heterocycles. The lowest BCUT2D eigenvalue weighted by Crippen LogP contribution is -2.13. The molecule has 0 atom stereocenters. The molecule has 0 bridgehead atoms. The molecule has 30 heavy (non-hydrogen) atoms. The Labute approximate surface area is 172 Å². The van der Waals surface area contributed by atoms with Gasteiger partial charge in [0, 0.05) is 10.9 Å². The summed E-state index contributed by atoms with van der Waals surface area (Å²) < 4.78 is 26.5. The summed E-state index contributed by atoms with van der Waals surface area (Å²) in [5, 5.41) is 0.613. The highest BCUT2D eigenvalue weighted by atomic mass is 16.6. The van der Waals surface area contributed by atoms with Gasteiger partial charge in [-0.3, -0.25) is 4.79 Å². The number of esters is 2. The number of hydrogen-bond donors (Lipinski definition) is 0. The molecule has 8 nitrogen and oxygen atoms in total. The van der Waals surface area contributed by atoms with Gasteiger partial charge in [0.15, 0.2) is 17.8 Å². The van der Waals surface area contributed by atoms with Crippen LogP contribution in [0.2, 0.25) is 0 Å². The van der Waals surface area contributed by atoms with Gasteiger partial charge in [-0.2, -0.15) is 0 Å². The van der Waals surface area contributed by atoms with Crippen molar-refractivity contribution in [3.63, 3.8) is 0 Å². The van der Waals surface area contributed by atoms with Crippen molar-refractivity contribution in [2.24, 2.45) is 0 Å². The zero-order valence-electron chi connectivity index (χ0n) is 16.7. The maximum Gasteiger partial charge on any atom is 0.374 e. The minimum atomic E-state index is -0.812. The standard InChI is InChI=1S/C22H20O8/c1-4-28-22(25)19-15(14-7-5-6-8-16(14)30-19)12-29-21(24)18-13(11-23)9-10-17(26-2)20(18)27-3/h5-11H,4,12H2,1-3H3. The quantitative estimate of drug-likeness (QED) is 0.407. The molecule has 0 radical (unpaired) electrons. The van der Waals surface area contributed by atoms with Crippen LogP contribution in [-0.2, 0) is 16.1 Å². The van der Waals surface area contributed by atoms with Gasteiger partial charge in [0.05, 0.1) is 26.4 Å². The first-order valence-corrected chi connectivity index (χ1v) is 9.10. The molecule has 0 saturated carbocycles. The molecule has 0 N–H and O–H groups in total. The zero-order valence-corrected chi connectivity index (χ0v) is 16.7. The number of aldehydes is 1. The van der Waals surface area contributed by atoms with Crippen LogP contribution in [0.4, 0.5) is 0 Å². The van der Waals surface area contributed by atoms with Crippen molar-refractivity contribution in [2.75, 3.05) is 20.8 Å². The van der Waals surface area contributed by atoms with Gasteiger partial charge in [0.1, 0.15) is 17.8 Å². The minimum Gasteiger partial charge on any atom is -0.493 e. The van der Waals surface area contributed by atoms with Gasteiger partial charge in [0.2, 0.25) is 5.76 Å². The molecule has 3 aromatic rings. The van der Waals surface area contributed by atoms with E-state index in [9.17, 15) is 14.4 Å². The second-order valence-corrected chi connectivity index (χ2v) is 6.09. The molecule has 0 spiro atoms. The molecule has 0 unspecified atom stereocenters. The molecule has 0 saturated heterocycles. The van der Waals surface area contributed by atoms with Crippen LogP contribution in [0.15, 0.2) is 40.8 Å². The molecule has 0 aliphatic rings. The second kappa shape index (κ2) is 9.13. The fourth-order valence-electron chi connectivity index (χ4n) is 3.06. The summed E-state index contributed by atoms with van der Waals surface area (Å²) in [4.78, 5) is 36.6. The van der Waals surface area contributed by atoms with Crippen LogP contribution in [0.3, 0.4) is 0 Å². The van der Waals surface area contributed by atoms with E-state index in [-0.39, 0.29) is 41.6 Å². The Kier molecular flexibility index (Phi) is 6.36. The van der Waals surface area contributed by atoms with Crippen LogP contribution in [0, 0.1) is 0 Å². The number of hydrogen-bond acceptors (Lipinski definition) is 8. The third-order valence-electron chi connectivity index (χ3n) is 4.42. The number of carbonyl (C=O) groups excluding carboxylic acids is 3. The average Bonchev–Trinajstić information content (AvgIpc) is 3.15. The van der Waals surface area contributed by atoms with Gasteiger partial charge >= 0.3 is 11.9 Å². The number of ether oxygens (including phenoxy) is 4. The Balaban J connectivity index is 1.97. The van der Waals surface area contributed by atoms with Gasteiger partial charge in [-0.05, 0) is 25.1 Å². The predicted octanol–water partition coefficient (Wildman–Crippen LogP) is 3.80. The highest BCUT2D eigenvalue weighted by Crippen LogP contribution is 2.34. The summed E-state index contributed by atoms with van der Waals surface area (Å²) in [5.74, 6) is -1.16. The summed E-state index contributed by atoms with van der Waals surface area (Å²) in [6, 6.07) is 9.92. The molecule has 8 heteroatoms. The van der Waals surface area contributed by atoms with Crippen LogP contribution in [0.25, 0.3) is 11.0 Å². The Morgan fingerprint density at radius 2 is 1.77 bits per heavy atom. The number of fused-ring (bicyclic) bond motifs is 1. The Hall–Kier alpha value is -3.81. The topological polar surface area (TPSA) is 101 Å². The van der Waals surface area contributed by atoms with Crippen LogP contribution in [-0.4, -0.2) is 39.1 Å². The number of para-hydroxylation sites is 1. The third-order valence-corrected chi connectivity index (χ3v) is 4.42. The lowest BCUT2D eigenvalue weighted by atomic mass is 10.1. The van der Waals surface area contributed by atoms with E-state index in [1.807, 2.05) is 0 Å². The van der Waals surface area contributed by atoms with Gasteiger partial charge in [-0.1, -0.05) is 18.2 Å². The molecule has 3 rings (SSSR count). The number of furan rings is 1. The number of rotatable bonds is 8. The molecule has 2 aromatic carbocycles. The highest BCUT2D eigenvalue weighted by molar-refractivity contribution is 6.02. The van der Waals surface area contributed by atoms with Crippen LogP contribution < -0.4 is 9.47 Å². The van der Waals surface area contributed by atoms with E-state index >= 15 is 0 Å². The molecule has 0 fully saturated rings. The fraction of sp³-hybridized carbons (Fsp3) is 0.227. The summed E-state index contributed by atoms with van der Waals surface area (Å²) >= 11 is 0. The van der Waals surface area contributed by atoms with E-state index in [4.69, 9.17) is 23.4 Å². The lowest BCUT2D eigenvalue weighted by Gasteiger charge is -2.14. The fourth-order valence-corrected chi connectivity index (χ4v) is 3.06. The van der Waals surface area contributed by atoms with E-state index in [2.05, 4.69) is 0 Å². The minimum absolute atomic E-state index is 0.0425. The summed E-state index contributed by atoms with van der Waals surface area (Å²) in [5.41, 5.74) is 0.837. The number of methoxy groups -OCH3 is 2. The largest absolute Gasteiger partial charge is 0.493 e. The van der Waals surface area contributed by atoms with Crippen molar-refractivity contribution < 1.29 is 37.7 Å². The van der Waals surface area contributed by atoms with Gasteiger partial charge in [-0.25, -0.2) is 9.59 Å². The van der Waals surface area contributed by atoms with E-state index in [0.717, 1.165) is 0 Å². The molecule has 0 aliphatic carbocycles. The molecule has 0 amide bonds. The predicted molar refractivity (Wildman–Crippen MR) is 106 cm³/mol. The van der Waals surface area contributed by atoms with E-state index < -0.39 is 11.9 Å². The maximum absolute atomic E-state index is 12.8. The van der Waals surface area contributed by atoms with Crippen molar-refractivity contribution in [3.8, 4) is 11.5 Å². The highest BCUT2D eigenvalue weighted by Gasteiger charge is 2.26. The van der Waals surface area contributed by atoms with Gasteiger partial charge < -0.3 is 23.4 Å². The van der Waals surface area contributed by atoms with Gasteiger partial charge in [0.25, 0.3) is 0 Å². The summed E-state index contributed by atoms with van der Waals surface area (Å²) in [7, 11) is 2.77. The Bertz CT molecular complexity index is 1100. The third kappa shape index (κ3) is 3.84. The SMILES string of the molecule is CCOC(=O)c1oc2ccccc2c1COC(=O)c1c(C=O)ccc(OC)c1OC. The summed E-state index contributed by atoms with van der Waals surface area (Å²) in [6.07, 6.45) is 0.524. The van der Waals surface area contributed by atoms with Crippen molar-refractivity contribution in [1.82, 2.24) is 0 Å². The molecule has 156 valence electrons. The van der Waals surface area contributed by atoms with E-state index in [1.54, 1.807) is 31.2 Å². The van der Waals surface area contributed by atoms with Crippen LogP contribution >= 0.6 is 0 Å². The van der Waals surface area contributed by atoms with Crippen LogP contribution in [0.5, 0.6) is 11.5 Å². The molecule has 0 aliphatic heterocycles. The van der Waals surface area contributed by atoms with Crippen molar-refractivity contribution in [1.29, 1.82) is 0 Å². The Morgan fingerprint density at radius 1 is 1.00 bits per heavy atom. The van der Waals surface area contributed by atoms with Crippen molar-refractivity contribution >= 4 is 29.2 Å². The first-order valence-electron chi connectivity index (χ1n) is 9.10. The van der Waals surface area contributed by atoms with Crippen molar-refractivity contribution in [2.45, 2.75) is 13.5 Å². The molecular formula is C22H20O8. The molecular weight excluding hydrogens is 392 g/mol. The smallest absolute Gasteiger partial charge is 0.374 e. The molecule has 1 aromatic heterocycles. The van der Waals surface area contributed by atoms with Gasteiger partial charge in [-0.15, -0.1) is 0 Å². The monoisotopic (exact) mass is 412 g/mol. The first kappa shape index (κ1) is 20.9.